The van der Waals surface area contributed by atoms with Crippen molar-refractivity contribution in [3.8, 4) is 0 Å². The van der Waals surface area contributed by atoms with Gasteiger partial charge in [-0.05, 0) is 62.4 Å². The molecule has 0 aliphatic carbocycles. The van der Waals surface area contributed by atoms with Crippen LogP contribution in [0.3, 0.4) is 0 Å². The lowest BCUT2D eigenvalue weighted by molar-refractivity contribution is 0.0929. The van der Waals surface area contributed by atoms with Crippen molar-refractivity contribution in [3.05, 3.63) is 66.2 Å². The average molecular weight is 512 g/mol. The molecule has 0 unspecified atom stereocenters. The van der Waals surface area contributed by atoms with Gasteiger partial charge in [0, 0.05) is 52.3 Å². The Kier molecular flexibility index (Phi) is 8.93. The van der Waals surface area contributed by atoms with Crippen molar-refractivity contribution in [3.63, 3.8) is 0 Å². The lowest BCUT2D eigenvalue weighted by atomic mass is 10.1. The summed E-state index contributed by atoms with van der Waals surface area (Å²) in [6.07, 6.45) is 11.6. The van der Waals surface area contributed by atoms with Gasteiger partial charge in [0.05, 0.1) is 17.6 Å². The normalized spacial score (nSPS) is 13.6. The van der Waals surface area contributed by atoms with Gasteiger partial charge in [-0.3, -0.25) is 9.13 Å². The molecule has 1 amide bonds. The molecular formula is C22H24BFN7O2S2. The highest BCUT2D eigenvalue weighted by Gasteiger charge is 2.26. The molecule has 1 aromatic carbocycles. The highest BCUT2D eigenvalue weighted by molar-refractivity contribution is 7.80. The number of benzene rings is 1. The summed E-state index contributed by atoms with van der Waals surface area (Å²) in [7, 11) is 0. The van der Waals surface area contributed by atoms with Gasteiger partial charge in [0.1, 0.15) is 18.5 Å². The van der Waals surface area contributed by atoms with E-state index in [0.717, 1.165) is 18.4 Å². The Bertz CT molecular complexity index is 1280. The van der Waals surface area contributed by atoms with Crippen molar-refractivity contribution in [2.75, 3.05) is 19.7 Å². The number of aromatic nitrogens is 6. The molecule has 0 bridgehead atoms. The van der Waals surface area contributed by atoms with Crippen LogP contribution in [0.5, 0.6) is 0 Å². The molecule has 4 aromatic rings. The Hall–Kier alpha value is -3.32. The summed E-state index contributed by atoms with van der Waals surface area (Å²) < 4.78 is 24.5. The summed E-state index contributed by atoms with van der Waals surface area (Å²) in [6, 6.07) is 4.84. The predicted molar refractivity (Wildman–Crippen MR) is 138 cm³/mol. The molecule has 3 radical (unpaired) electrons. The summed E-state index contributed by atoms with van der Waals surface area (Å²) in [6.45, 7) is 3.46. The molecule has 4 heterocycles. The fraction of sp³-hybridized carbons (Fsp3) is 0.318. The second-order valence-electron chi connectivity index (χ2n) is 7.60. The number of rotatable bonds is 2. The van der Waals surface area contributed by atoms with Crippen molar-refractivity contribution in [1.29, 1.82) is 0 Å². The van der Waals surface area contributed by atoms with E-state index in [-0.39, 0.29) is 26.4 Å². The minimum Gasteiger partial charge on any atom is -0.450 e. The zero-order valence-corrected chi connectivity index (χ0v) is 20.7. The molecule has 1 aliphatic heterocycles. The minimum atomic E-state index is -0.284. The number of thiocarbonyl (C=S) groups is 1. The monoisotopic (exact) mass is 512 g/mol. The summed E-state index contributed by atoms with van der Waals surface area (Å²) in [4.78, 5) is 24.3. The Balaban J connectivity index is 0.000000223. The van der Waals surface area contributed by atoms with Crippen LogP contribution < -0.4 is 0 Å². The van der Waals surface area contributed by atoms with Gasteiger partial charge >= 0.3 is 6.09 Å². The topological polar surface area (TPSA) is 85.9 Å². The van der Waals surface area contributed by atoms with Crippen LogP contribution >= 0.6 is 24.4 Å². The number of nitrogens with one attached hydrogen (secondary N) is 1. The number of imidazole rings is 3. The number of hydrogen-bond acceptors (Lipinski definition) is 6. The second kappa shape index (κ2) is 11.9. The number of aromatic amines is 1. The SMILES string of the molecule is CCOC(=O)N1CCC(n2c(=S)[nH]c3cc(F)ccc32)CC1.S=C(n1ccnc1)n1ccnc1.[B]. The maximum Gasteiger partial charge on any atom is 0.409 e. The van der Waals surface area contributed by atoms with E-state index in [2.05, 4.69) is 15.0 Å². The Morgan fingerprint density at radius 3 is 2.34 bits per heavy atom. The molecule has 3 aromatic heterocycles. The third-order valence-electron chi connectivity index (χ3n) is 5.48. The molecular weight excluding hydrogens is 488 g/mol. The maximum absolute atomic E-state index is 13.3. The molecule has 35 heavy (non-hydrogen) atoms. The van der Waals surface area contributed by atoms with Gasteiger partial charge in [-0.25, -0.2) is 19.2 Å². The maximum atomic E-state index is 13.3. The van der Waals surface area contributed by atoms with Crippen LogP contribution in [0.4, 0.5) is 9.18 Å². The van der Waals surface area contributed by atoms with Gasteiger partial charge in [-0.15, -0.1) is 0 Å². The number of H-pyrrole nitrogens is 1. The first-order valence-corrected chi connectivity index (χ1v) is 11.6. The third-order valence-corrected chi connectivity index (χ3v) is 6.21. The minimum absolute atomic E-state index is 0. The Labute approximate surface area is 214 Å². The van der Waals surface area contributed by atoms with Crippen LogP contribution in [-0.4, -0.2) is 72.9 Å². The molecule has 5 rings (SSSR count). The fourth-order valence-corrected chi connectivity index (χ4v) is 4.44. The van der Waals surface area contributed by atoms with Gasteiger partial charge in [0.2, 0.25) is 0 Å². The fourth-order valence-electron chi connectivity index (χ4n) is 3.87. The number of carbonyl (C=O) groups is 1. The van der Waals surface area contributed by atoms with Crippen LogP contribution in [-0.2, 0) is 4.74 Å². The molecule has 181 valence electrons. The summed E-state index contributed by atoms with van der Waals surface area (Å²) in [5, 5.41) is 0.644. The number of piperidine rings is 1. The van der Waals surface area contributed by atoms with Gasteiger partial charge < -0.3 is 19.2 Å². The highest BCUT2D eigenvalue weighted by Crippen LogP contribution is 2.28. The number of fused-ring (bicyclic) bond motifs is 1. The number of likely N-dealkylation sites (tertiary alicyclic amines) is 1. The quantitative estimate of drug-likeness (QED) is 0.323. The van der Waals surface area contributed by atoms with E-state index in [1.165, 1.54) is 12.1 Å². The third kappa shape index (κ3) is 6.03. The van der Waals surface area contributed by atoms with E-state index in [9.17, 15) is 9.18 Å². The van der Waals surface area contributed by atoms with Crippen LogP contribution in [0, 0.1) is 10.6 Å². The average Bonchev–Trinajstić information content (AvgIpc) is 3.60. The number of nitrogens with zero attached hydrogens (tertiary/aromatic N) is 6. The molecule has 1 fully saturated rings. The second-order valence-corrected chi connectivity index (χ2v) is 8.35. The zero-order valence-electron chi connectivity index (χ0n) is 19.1. The van der Waals surface area contributed by atoms with E-state index in [1.54, 1.807) is 64.5 Å². The predicted octanol–water partition coefficient (Wildman–Crippen LogP) is 4.01. The van der Waals surface area contributed by atoms with E-state index < -0.39 is 0 Å². The lowest BCUT2D eigenvalue weighted by Gasteiger charge is -2.32. The highest BCUT2D eigenvalue weighted by atomic mass is 32.1. The number of hydrogen-bond donors (Lipinski definition) is 1. The first-order chi connectivity index (χ1) is 16.5. The Morgan fingerprint density at radius 2 is 1.80 bits per heavy atom. The molecule has 0 atom stereocenters. The zero-order chi connectivity index (χ0) is 24.1. The lowest BCUT2D eigenvalue weighted by Crippen LogP contribution is -2.39. The summed E-state index contributed by atoms with van der Waals surface area (Å²) >= 11 is 10.5. The molecule has 0 saturated carbocycles. The number of ether oxygens (including phenoxy) is 1. The van der Waals surface area contributed by atoms with E-state index in [1.807, 2.05) is 4.57 Å². The summed E-state index contributed by atoms with van der Waals surface area (Å²) in [5.74, 6) is -0.284. The van der Waals surface area contributed by atoms with Gasteiger partial charge in [-0.2, -0.15) is 0 Å². The van der Waals surface area contributed by atoms with Crippen molar-refractivity contribution < 1.29 is 13.9 Å². The van der Waals surface area contributed by atoms with Crippen LogP contribution in [0.15, 0.2) is 55.6 Å². The molecule has 1 saturated heterocycles. The standard InChI is InChI=1S/C15H18FN3O2S.C7H6N4S.B/c1-2-21-15(20)18-7-5-11(6-8-18)19-13-4-3-10(16)9-12(13)17-14(19)22;12-7(10-3-1-8-5-10)11-4-2-9-6-11;/h3-4,9,11H,2,5-8H2,1H3,(H,17,22);1-6H;. The largest absolute Gasteiger partial charge is 0.450 e. The molecule has 0 spiro atoms. The van der Waals surface area contributed by atoms with Crippen LogP contribution in [0.2, 0.25) is 0 Å². The van der Waals surface area contributed by atoms with Crippen molar-refractivity contribution >= 4 is 55.1 Å². The van der Waals surface area contributed by atoms with Crippen LogP contribution in [0.1, 0.15) is 25.8 Å². The summed E-state index contributed by atoms with van der Waals surface area (Å²) in [5.41, 5.74) is 1.61. The van der Waals surface area contributed by atoms with E-state index >= 15 is 0 Å². The van der Waals surface area contributed by atoms with Gasteiger partial charge in [0.25, 0.3) is 0 Å². The number of carbonyl (C=O) groups excluding carboxylic acids is 1. The number of halogens is 1. The molecule has 1 aliphatic rings. The molecule has 9 nitrogen and oxygen atoms in total. The molecule has 1 N–H and O–H groups in total. The number of amides is 1. The first kappa shape index (κ1) is 26.3. The van der Waals surface area contributed by atoms with Crippen molar-refractivity contribution in [2.45, 2.75) is 25.8 Å². The van der Waals surface area contributed by atoms with E-state index in [0.29, 0.717) is 35.1 Å². The first-order valence-electron chi connectivity index (χ1n) is 10.8. The van der Waals surface area contributed by atoms with Gasteiger partial charge in [0.15, 0.2) is 9.88 Å². The van der Waals surface area contributed by atoms with Crippen molar-refractivity contribution in [1.82, 2.24) is 33.6 Å². The Morgan fingerprint density at radius 1 is 1.17 bits per heavy atom. The van der Waals surface area contributed by atoms with E-state index in [4.69, 9.17) is 29.2 Å². The van der Waals surface area contributed by atoms with Gasteiger partial charge in [-0.1, -0.05) is 0 Å². The van der Waals surface area contributed by atoms with Crippen LogP contribution in [0.25, 0.3) is 11.0 Å². The molecule has 13 heteroatoms. The smallest absolute Gasteiger partial charge is 0.409 e. The van der Waals surface area contributed by atoms with Crippen molar-refractivity contribution in [2.24, 2.45) is 0 Å².